The summed E-state index contributed by atoms with van der Waals surface area (Å²) in [5.41, 5.74) is 2.36. The molecule has 0 saturated carbocycles. The maximum atomic E-state index is 12.6. The number of fused-ring (bicyclic) bond motifs is 1. The van der Waals surface area contributed by atoms with E-state index in [9.17, 15) is 9.59 Å². The second-order valence-electron chi connectivity index (χ2n) is 6.86. The van der Waals surface area contributed by atoms with Crippen LogP contribution in [0.25, 0.3) is 21.5 Å². The van der Waals surface area contributed by atoms with E-state index in [1.165, 1.54) is 29.5 Å². The Hall–Kier alpha value is -2.91. The molecule has 0 aliphatic carbocycles. The van der Waals surface area contributed by atoms with Crippen molar-refractivity contribution in [1.29, 1.82) is 0 Å². The summed E-state index contributed by atoms with van der Waals surface area (Å²) in [6, 6.07) is 7.40. The highest BCUT2D eigenvalue weighted by atomic mass is 32.2. The predicted molar refractivity (Wildman–Crippen MR) is 121 cm³/mol. The first kappa shape index (κ1) is 20.4. The molecule has 0 radical (unpaired) electrons. The van der Waals surface area contributed by atoms with Crippen LogP contribution in [0.5, 0.6) is 0 Å². The van der Waals surface area contributed by atoms with Crippen molar-refractivity contribution in [3.05, 3.63) is 63.5 Å². The lowest BCUT2D eigenvalue weighted by molar-refractivity contribution is -0.115. The minimum absolute atomic E-state index is 0.124. The Labute approximate surface area is 181 Å². The zero-order chi connectivity index (χ0) is 21.3. The summed E-state index contributed by atoms with van der Waals surface area (Å²) in [4.78, 5) is 38.1. The number of oxazole rings is 1. The van der Waals surface area contributed by atoms with Gasteiger partial charge in [0.15, 0.2) is 12.2 Å². The third-order valence-corrected chi connectivity index (χ3v) is 7.03. The third-order valence-electron chi connectivity index (χ3n) is 4.77. The molecular weight excluding hydrogens is 420 g/mol. The zero-order valence-electron chi connectivity index (χ0n) is 16.7. The van der Waals surface area contributed by atoms with Crippen LogP contribution in [0.15, 0.2) is 46.1 Å². The Bertz CT molecular complexity index is 1260. The molecule has 1 aromatic carbocycles. The molecule has 1 unspecified atom stereocenters. The first-order valence-electron chi connectivity index (χ1n) is 9.32. The van der Waals surface area contributed by atoms with Crippen LogP contribution < -0.4 is 10.9 Å². The van der Waals surface area contributed by atoms with Gasteiger partial charge in [-0.1, -0.05) is 12.1 Å². The van der Waals surface area contributed by atoms with E-state index >= 15 is 0 Å². The number of carbonyl (C=O) groups is 1. The number of benzene rings is 1. The molecule has 0 fully saturated rings. The van der Waals surface area contributed by atoms with Crippen LogP contribution in [-0.2, 0) is 10.5 Å². The van der Waals surface area contributed by atoms with Crippen molar-refractivity contribution in [3.63, 3.8) is 0 Å². The van der Waals surface area contributed by atoms with Crippen molar-refractivity contribution >= 4 is 44.9 Å². The first-order valence-corrected chi connectivity index (χ1v) is 11.2. The van der Waals surface area contributed by atoms with Gasteiger partial charge in [-0.2, -0.15) is 0 Å². The molecule has 4 rings (SSSR count). The van der Waals surface area contributed by atoms with Crippen LogP contribution in [0.3, 0.4) is 0 Å². The maximum Gasteiger partial charge on any atom is 0.259 e. The van der Waals surface area contributed by atoms with Crippen molar-refractivity contribution in [2.45, 2.75) is 31.8 Å². The minimum Gasteiger partial charge on any atom is -0.444 e. The molecule has 0 aliphatic rings. The normalized spacial score (nSPS) is 12.2. The summed E-state index contributed by atoms with van der Waals surface area (Å²) in [7, 11) is 0. The second-order valence-corrected chi connectivity index (χ2v) is 9.40. The first-order chi connectivity index (χ1) is 14.4. The van der Waals surface area contributed by atoms with Gasteiger partial charge in [-0.05, 0) is 38.5 Å². The van der Waals surface area contributed by atoms with Crippen LogP contribution in [0.1, 0.15) is 23.2 Å². The van der Waals surface area contributed by atoms with E-state index in [-0.39, 0.29) is 16.7 Å². The average molecular weight is 441 g/mol. The Morgan fingerprint density at radius 1 is 1.37 bits per heavy atom. The van der Waals surface area contributed by atoms with Gasteiger partial charge in [0.2, 0.25) is 5.91 Å². The summed E-state index contributed by atoms with van der Waals surface area (Å²) in [6.45, 7) is 5.75. The van der Waals surface area contributed by atoms with E-state index in [0.717, 1.165) is 20.8 Å². The molecule has 154 valence electrons. The highest BCUT2D eigenvalue weighted by molar-refractivity contribution is 7.99. The van der Waals surface area contributed by atoms with E-state index in [1.807, 2.05) is 45.0 Å². The smallest absolute Gasteiger partial charge is 0.259 e. The van der Waals surface area contributed by atoms with E-state index in [2.05, 4.69) is 20.3 Å². The Morgan fingerprint density at radius 3 is 2.97 bits per heavy atom. The van der Waals surface area contributed by atoms with E-state index < -0.39 is 0 Å². The number of rotatable bonds is 6. The number of aromatic amines is 1. The quantitative estimate of drug-likeness (QED) is 0.457. The Morgan fingerprint density at radius 2 is 2.20 bits per heavy atom. The van der Waals surface area contributed by atoms with E-state index in [1.54, 1.807) is 6.20 Å². The lowest BCUT2D eigenvalue weighted by Crippen LogP contribution is -2.23. The fraction of sp³-hybridized carbons (Fsp3) is 0.238. The molecule has 7 nitrogen and oxygen atoms in total. The van der Waals surface area contributed by atoms with Gasteiger partial charge in [0.25, 0.3) is 5.56 Å². The number of carbonyl (C=O) groups excluding carboxylic acids is 1. The molecule has 0 aliphatic heterocycles. The van der Waals surface area contributed by atoms with Gasteiger partial charge < -0.3 is 14.7 Å². The van der Waals surface area contributed by atoms with Crippen LogP contribution in [-0.4, -0.2) is 26.1 Å². The monoisotopic (exact) mass is 440 g/mol. The fourth-order valence-electron chi connectivity index (χ4n) is 3.00. The lowest BCUT2D eigenvalue weighted by atomic mass is 10.1. The molecule has 0 saturated heterocycles. The molecule has 0 bridgehead atoms. The van der Waals surface area contributed by atoms with Crippen LogP contribution >= 0.6 is 23.1 Å². The van der Waals surface area contributed by atoms with Crippen molar-refractivity contribution in [2.24, 2.45) is 0 Å². The predicted octanol–water partition coefficient (Wildman–Crippen LogP) is 4.52. The van der Waals surface area contributed by atoms with Crippen LogP contribution in [0.2, 0.25) is 0 Å². The molecule has 4 aromatic rings. The number of nitrogens with one attached hydrogen (secondary N) is 2. The molecule has 3 aromatic heterocycles. The van der Waals surface area contributed by atoms with Gasteiger partial charge in [0, 0.05) is 16.1 Å². The summed E-state index contributed by atoms with van der Waals surface area (Å²) in [5.74, 6) is 1.53. The fourth-order valence-corrected chi connectivity index (χ4v) is 4.80. The van der Waals surface area contributed by atoms with Gasteiger partial charge >= 0.3 is 0 Å². The number of aryl methyl sites for hydroxylation is 2. The van der Waals surface area contributed by atoms with Crippen molar-refractivity contribution in [1.82, 2.24) is 15.0 Å². The SMILES string of the molecule is Cc1sc2nc(CSC(C)C(=O)Nc3cccc(-c4cnco4)c3)[nH]c(=O)c2c1C. The molecule has 3 heterocycles. The summed E-state index contributed by atoms with van der Waals surface area (Å²) in [5, 5.41) is 3.25. The number of H-pyrrole nitrogens is 1. The lowest BCUT2D eigenvalue weighted by Gasteiger charge is -2.12. The highest BCUT2D eigenvalue weighted by Gasteiger charge is 2.17. The molecule has 30 heavy (non-hydrogen) atoms. The highest BCUT2D eigenvalue weighted by Crippen LogP contribution is 2.27. The molecule has 1 amide bonds. The summed E-state index contributed by atoms with van der Waals surface area (Å²) < 4.78 is 5.30. The van der Waals surface area contributed by atoms with Gasteiger partial charge in [0.05, 0.1) is 22.6 Å². The second kappa shape index (κ2) is 8.45. The van der Waals surface area contributed by atoms with E-state index in [0.29, 0.717) is 28.4 Å². The average Bonchev–Trinajstić information content (AvgIpc) is 3.35. The third kappa shape index (κ3) is 4.17. The molecule has 2 N–H and O–H groups in total. The molecule has 0 spiro atoms. The van der Waals surface area contributed by atoms with Crippen molar-refractivity contribution < 1.29 is 9.21 Å². The number of thioether (sulfide) groups is 1. The van der Waals surface area contributed by atoms with Crippen LogP contribution in [0, 0.1) is 13.8 Å². The number of anilines is 1. The summed E-state index contributed by atoms with van der Waals surface area (Å²) >= 11 is 2.94. The Balaban J connectivity index is 1.41. The number of thiophene rings is 1. The molecule has 9 heteroatoms. The number of hydrogen-bond acceptors (Lipinski definition) is 7. The van der Waals surface area contributed by atoms with Gasteiger partial charge in [-0.3, -0.25) is 9.59 Å². The van der Waals surface area contributed by atoms with Gasteiger partial charge in [0.1, 0.15) is 10.7 Å². The summed E-state index contributed by atoms with van der Waals surface area (Å²) in [6.07, 6.45) is 2.99. The maximum absolute atomic E-state index is 12.6. The number of nitrogens with zero attached hydrogens (tertiary/aromatic N) is 2. The molecule has 1 atom stereocenters. The topological polar surface area (TPSA) is 101 Å². The van der Waals surface area contributed by atoms with Gasteiger partial charge in [-0.25, -0.2) is 9.97 Å². The Kier molecular flexibility index (Phi) is 5.74. The van der Waals surface area contributed by atoms with Crippen molar-refractivity contribution in [3.8, 4) is 11.3 Å². The standard InChI is InChI=1S/C21H20N4O3S2/c1-11-12(2)30-21-18(11)20(27)24-17(25-21)9-29-13(3)19(26)23-15-6-4-5-14(7-15)16-8-22-10-28-16/h4-8,10,13H,9H2,1-3H3,(H,23,26)(H,24,25,27). The van der Waals surface area contributed by atoms with Crippen molar-refractivity contribution in [2.75, 3.05) is 5.32 Å². The zero-order valence-corrected chi connectivity index (χ0v) is 18.3. The minimum atomic E-state index is -0.327. The number of hydrogen-bond donors (Lipinski definition) is 2. The van der Waals surface area contributed by atoms with E-state index in [4.69, 9.17) is 4.42 Å². The number of amides is 1. The largest absolute Gasteiger partial charge is 0.444 e. The number of aromatic nitrogens is 3. The molecular formula is C21H20N4O3S2. The van der Waals surface area contributed by atoms with Crippen LogP contribution in [0.4, 0.5) is 5.69 Å². The van der Waals surface area contributed by atoms with Gasteiger partial charge in [-0.15, -0.1) is 23.1 Å².